The van der Waals surface area contributed by atoms with Crippen molar-refractivity contribution in [1.29, 1.82) is 0 Å². The summed E-state index contributed by atoms with van der Waals surface area (Å²) in [5.41, 5.74) is 4.84. The van der Waals surface area contributed by atoms with Crippen LogP contribution in [-0.2, 0) is 17.3 Å². The van der Waals surface area contributed by atoms with Gasteiger partial charge in [-0.3, -0.25) is 14.9 Å². The summed E-state index contributed by atoms with van der Waals surface area (Å²) in [4.78, 5) is 23.4. The van der Waals surface area contributed by atoms with Gasteiger partial charge in [-0.15, -0.1) is 0 Å². The smallest absolute Gasteiger partial charge is 0.311 e. The van der Waals surface area contributed by atoms with Crippen LogP contribution in [0.3, 0.4) is 0 Å². The number of aryl methyl sites for hydroxylation is 1. The molecule has 0 saturated heterocycles. The number of carbonyl (C=O) groups is 1. The molecule has 1 aromatic heterocycles. The number of aromatic nitrogens is 1. The molecule has 34 heavy (non-hydrogen) atoms. The lowest BCUT2D eigenvalue weighted by atomic mass is 9.72. The van der Waals surface area contributed by atoms with Gasteiger partial charge < -0.3 is 9.30 Å². The SMILES string of the molecule is Cn1cc(C=NNC(=O)COc2ccc(C(C)(C)CC(C)(C)C)cc2[N+](=O)[O-])c2ccccc21. The van der Waals surface area contributed by atoms with Gasteiger partial charge in [0.25, 0.3) is 5.91 Å². The monoisotopic (exact) mass is 464 g/mol. The number of amides is 1. The first-order valence-electron chi connectivity index (χ1n) is 11.1. The molecule has 3 aromatic rings. The average Bonchev–Trinajstić information content (AvgIpc) is 3.06. The fourth-order valence-corrected chi connectivity index (χ4v) is 4.46. The third-order valence-corrected chi connectivity index (χ3v) is 5.59. The lowest BCUT2D eigenvalue weighted by molar-refractivity contribution is -0.385. The molecular formula is C26H32N4O4. The van der Waals surface area contributed by atoms with Crippen LogP contribution in [-0.4, -0.2) is 28.2 Å². The van der Waals surface area contributed by atoms with E-state index < -0.39 is 17.4 Å². The first-order chi connectivity index (χ1) is 15.9. The number of ether oxygens (including phenoxy) is 1. The van der Waals surface area contributed by atoms with E-state index in [1.807, 2.05) is 48.1 Å². The minimum Gasteiger partial charge on any atom is -0.477 e. The molecule has 180 valence electrons. The van der Waals surface area contributed by atoms with Crippen LogP contribution >= 0.6 is 0 Å². The Labute approximate surface area is 199 Å². The third-order valence-electron chi connectivity index (χ3n) is 5.59. The van der Waals surface area contributed by atoms with Crippen molar-refractivity contribution in [2.24, 2.45) is 17.6 Å². The van der Waals surface area contributed by atoms with Crippen molar-refractivity contribution in [1.82, 2.24) is 9.99 Å². The highest BCUT2D eigenvalue weighted by Crippen LogP contribution is 2.39. The zero-order valence-corrected chi connectivity index (χ0v) is 20.6. The molecule has 0 aliphatic heterocycles. The molecule has 0 atom stereocenters. The van der Waals surface area contributed by atoms with Crippen molar-refractivity contribution in [3.05, 3.63) is 69.9 Å². The summed E-state index contributed by atoms with van der Waals surface area (Å²) in [7, 11) is 1.94. The molecular weight excluding hydrogens is 432 g/mol. The first kappa shape index (κ1) is 25.0. The van der Waals surface area contributed by atoms with E-state index in [0.717, 1.165) is 28.5 Å². The van der Waals surface area contributed by atoms with Gasteiger partial charge in [-0.25, -0.2) is 5.43 Å². The van der Waals surface area contributed by atoms with Crippen LogP contribution in [0.15, 0.2) is 53.8 Å². The maximum atomic E-state index is 12.2. The number of nitro groups is 1. The highest BCUT2D eigenvalue weighted by atomic mass is 16.6. The Bertz CT molecular complexity index is 1240. The molecule has 0 saturated carbocycles. The number of nitro benzene ring substituents is 1. The molecule has 0 unspecified atom stereocenters. The summed E-state index contributed by atoms with van der Waals surface area (Å²) >= 11 is 0. The van der Waals surface area contributed by atoms with Crippen molar-refractivity contribution >= 4 is 28.7 Å². The number of carbonyl (C=O) groups excluding carboxylic acids is 1. The number of benzene rings is 2. The summed E-state index contributed by atoms with van der Waals surface area (Å²) in [5.74, 6) is -0.462. The zero-order chi connectivity index (χ0) is 25.1. The lowest BCUT2D eigenvalue weighted by Gasteiger charge is -2.33. The third kappa shape index (κ3) is 6.01. The predicted molar refractivity (Wildman–Crippen MR) is 134 cm³/mol. The molecule has 0 spiro atoms. The minimum absolute atomic E-state index is 0.0495. The zero-order valence-electron chi connectivity index (χ0n) is 20.6. The fraction of sp³-hybridized carbons (Fsp3) is 0.385. The Hall–Kier alpha value is -3.68. The Morgan fingerprint density at radius 1 is 1.18 bits per heavy atom. The molecule has 0 aliphatic rings. The van der Waals surface area contributed by atoms with Crippen molar-refractivity contribution in [2.45, 2.75) is 46.5 Å². The Morgan fingerprint density at radius 3 is 2.56 bits per heavy atom. The maximum absolute atomic E-state index is 12.2. The summed E-state index contributed by atoms with van der Waals surface area (Å²) in [5, 5.41) is 16.7. The van der Waals surface area contributed by atoms with Crippen molar-refractivity contribution in [3.8, 4) is 5.75 Å². The minimum atomic E-state index is -0.511. The number of hydrogen-bond donors (Lipinski definition) is 1. The normalized spacial score (nSPS) is 12.3. The van der Waals surface area contributed by atoms with Crippen LogP contribution < -0.4 is 10.2 Å². The Balaban J connectivity index is 1.66. The van der Waals surface area contributed by atoms with Gasteiger partial charge in [0.15, 0.2) is 12.4 Å². The fourth-order valence-electron chi connectivity index (χ4n) is 4.46. The standard InChI is InChI=1S/C26H32N4O4/c1-25(2,3)17-26(4,5)19-11-12-23(22(13-19)30(32)33)34-16-24(31)28-27-14-18-15-29(6)21-10-8-7-9-20(18)21/h7-15H,16-17H2,1-6H3,(H,28,31). The number of fused-ring (bicyclic) bond motifs is 1. The molecule has 2 aromatic carbocycles. The van der Waals surface area contributed by atoms with Crippen LogP contribution in [0.5, 0.6) is 5.75 Å². The molecule has 0 bridgehead atoms. The van der Waals surface area contributed by atoms with Gasteiger partial charge in [-0.1, -0.05) is 58.9 Å². The average molecular weight is 465 g/mol. The van der Waals surface area contributed by atoms with E-state index in [0.29, 0.717) is 0 Å². The topological polar surface area (TPSA) is 98.8 Å². The quantitative estimate of drug-likeness (QED) is 0.277. The van der Waals surface area contributed by atoms with E-state index >= 15 is 0 Å². The van der Waals surface area contributed by atoms with Crippen molar-refractivity contribution in [3.63, 3.8) is 0 Å². The predicted octanol–water partition coefficient (Wildman–Crippen LogP) is 5.33. The maximum Gasteiger partial charge on any atom is 0.311 e. The van der Waals surface area contributed by atoms with Gasteiger partial charge >= 0.3 is 5.69 Å². The van der Waals surface area contributed by atoms with Crippen LogP contribution in [0.1, 0.15) is 52.2 Å². The van der Waals surface area contributed by atoms with E-state index in [-0.39, 0.29) is 22.3 Å². The second-order valence-corrected chi connectivity index (χ2v) is 10.4. The summed E-state index contributed by atoms with van der Waals surface area (Å²) < 4.78 is 7.45. The molecule has 0 aliphatic carbocycles. The molecule has 3 rings (SSSR count). The van der Waals surface area contributed by atoms with E-state index in [4.69, 9.17) is 4.74 Å². The van der Waals surface area contributed by atoms with Crippen LogP contribution in [0.2, 0.25) is 0 Å². The summed E-state index contributed by atoms with van der Waals surface area (Å²) in [6.07, 6.45) is 4.34. The van der Waals surface area contributed by atoms with Crippen LogP contribution in [0.4, 0.5) is 5.69 Å². The number of nitrogens with one attached hydrogen (secondary N) is 1. The number of hydrazone groups is 1. The molecule has 1 N–H and O–H groups in total. The van der Waals surface area contributed by atoms with Gasteiger partial charge in [0.1, 0.15) is 0 Å². The number of rotatable bonds is 8. The van der Waals surface area contributed by atoms with Crippen molar-refractivity contribution in [2.75, 3.05) is 6.61 Å². The van der Waals surface area contributed by atoms with E-state index in [2.05, 4.69) is 45.1 Å². The molecule has 8 nitrogen and oxygen atoms in total. The Kier molecular flexibility index (Phi) is 7.09. The Morgan fingerprint density at radius 2 is 1.88 bits per heavy atom. The molecule has 0 fully saturated rings. The van der Waals surface area contributed by atoms with E-state index in [1.54, 1.807) is 12.3 Å². The highest BCUT2D eigenvalue weighted by molar-refractivity contribution is 5.99. The first-order valence-corrected chi connectivity index (χ1v) is 11.1. The van der Waals surface area contributed by atoms with E-state index in [9.17, 15) is 14.9 Å². The van der Waals surface area contributed by atoms with Gasteiger partial charge in [0, 0.05) is 35.8 Å². The summed E-state index contributed by atoms with van der Waals surface area (Å²) in [6.45, 7) is 10.2. The van der Waals surface area contributed by atoms with Gasteiger partial charge in [0.05, 0.1) is 11.1 Å². The highest BCUT2D eigenvalue weighted by Gasteiger charge is 2.29. The second kappa shape index (κ2) is 9.67. The van der Waals surface area contributed by atoms with E-state index in [1.165, 1.54) is 6.07 Å². The number of nitrogens with zero attached hydrogens (tertiary/aromatic N) is 3. The molecule has 1 heterocycles. The molecule has 1 amide bonds. The van der Waals surface area contributed by atoms with Gasteiger partial charge in [0.2, 0.25) is 0 Å². The number of para-hydroxylation sites is 1. The van der Waals surface area contributed by atoms with Crippen LogP contribution in [0.25, 0.3) is 10.9 Å². The number of hydrogen-bond acceptors (Lipinski definition) is 5. The van der Waals surface area contributed by atoms with Crippen molar-refractivity contribution < 1.29 is 14.5 Å². The molecule has 0 radical (unpaired) electrons. The summed E-state index contributed by atoms with van der Waals surface area (Å²) in [6, 6.07) is 12.8. The van der Waals surface area contributed by atoms with Crippen LogP contribution in [0, 0.1) is 15.5 Å². The lowest BCUT2D eigenvalue weighted by Crippen LogP contribution is -2.26. The van der Waals surface area contributed by atoms with Gasteiger partial charge in [-0.2, -0.15) is 5.10 Å². The largest absolute Gasteiger partial charge is 0.477 e. The second-order valence-electron chi connectivity index (χ2n) is 10.4. The van der Waals surface area contributed by atoms with Gasteiger partial charge in [-0.05, 0) is 34.9 Å². The molecule has 8 heteroatoms.